The van der Waals surface area contributed by atoms with Gasteiger partial charge in [0.05, 0.1) is 16.7 Å². The monoisotopic (exact) mass is 641 g/mol. The molecule has 0 aliphatic carbocycles. The van der Waals surface area contributed by atoms with Crippen molar-refractivity contribution in [2.24, 2.45) is 0 Å². The van der Waals surface area contributed by atoms with E-state index in [1.807, 2.05) is 18.2 Å². The maximum absolute atomic E-state index is 11.2. The summed E-state index contributed by atoms with van der Waals surface area (Å²) in [5.41, 5.74) is 5.50. The largest absolute Gasteiger partial charge is 0.478 e. The van der Waals surface area contributed by atoms with Crippen molar-refractivity contribution in [1.82, 2.24) is 0 Å². The van der Waals surface area contributed by atoms with E-state index in [9.17, 15) is 29.7 Å². The molecule has 4 rings (SSSR count). The average molecular weight is 640 g/mol. The number of hydrogen-bond donors (Lipinski definition) is 3. The number of carboxylic acid groups (broad SMARTS) is 3. The van der Waals surface area contributed by atoms with Crippen LogP contribution in [-0.2, 0) is 60.0 Å². The van der Waals surface area contributed by atoms with Gasteiger partial charge in [0, 0.05) is 60.0 Å². The minimum Gasteiger partial charge on any atom is -0.478 e. The molecule has 35 heavy (non-hydrogen) atoms. The van der Waals surface area contributed by atoms with Gasteiger partial charge in [0.2, 0.25) is 0 Å². The first-order valence-corrected chi connectivity index (χ1v) is 9.98. The van der Waals surface area contributed by atoms with E-state index in [-0.39, 0.29) is 76.7 Å². The van der Waals surface area contributed by atoms with Crippen LogP contribution in [0.4, 0.5) is 0 Å². The van der Waals surface area contributed by atoms with Crippen LogP contribution in [0, 0.1) is 0 Å². The Balaban J connectivity index is 0.00000216. The second-order valence-electron chi connectivity index (χ2n) is 7.45. The van der Waals surface area contributed by atoms with Crippen LogP contribution in [0.5, 0.6) is 0 Å². The number of hydrogen-bond acceptors (Lipinski definition) is 3. The molecule has 8 heteroatoms. The molecule has 1 radical (unpaired) electrons. The van der Waals surface area contributed by atoms with E-state index in [0.29, 0.717) is 0 Å². The Hall–Kier alpha value is -2.68. The maximum Gasteiger partial charge on any atom is 0.335 e. The van der Waals surface area contributed by atoms with Crippen LogP contribution in [0.15, 0.2) is 91.0 Å². The van der Waals surface area contributed by atoms with Crippen molar-refractivity contribution >= 4 is 17.9 Å². The Bertz CT molecular complexity index is 1180. The molecule has 0 aliphatic heterocycles. The zero-order valence-corrected chi connectivity index (χ0v) is 25.4. The van der Waals surface area contributed by atoms with Crippen molar-refractivity contribution in [1.29, 1.82) is 0 Å². The van der Waals surface area contributed by atoms with Crippen LogP contribution in [-0.4, -0.2) is 33.2 Å². The fraction of sp³-hybridized carbons (Fsp3) is 0. The van der Waals surface area contributed by atoms with Gasteiger partial charge in [-0.15, -0.1) is 0 Å². The number of carbonyl (C=O) groups is 3. The maximum atomic E-state index is 11.2. The van der Waals surface area contributed by atoms with Gasteiger partial charge in [0.15, 0.2) is 0 Å². The molecule has 4 aromatic carbocycles. The SMILES string of the molecule is O=C(O)c1ccc(-c2cc(-c3ccc(C(=O)O)cc3)cc(-c3ccc(C(=O)O)cc3)c2)cc1.[Cd].[Y]. The molecule has 0 saturated heterocycles. The van der Waals surface area contributed by atoms with Crippen LogP contribution in [0.3, 0.4) is 0 Å². The minimum atomic E-state index is -1.01. The smallest absolute Gasteiger partial charge is 0.335 e. The summed E-state index contributed by atoms with van der Waals surface area (Å²) in [4.78, 5) is 33.6. The number of aromatic carboxylic acids is 3. The second kappa shape index (κ2) is 12.3. The molecule has 167 valence electrons. The molecular weight excluding hydrogens is 622 g/mol. The normalized spacial score (nSPS) is 9.94. The van der Waals surface area contributed by atoms with Crippen LogP contribution >= 0.6 is 0 Å². The zero-order valence-electron chi connectivity index (χ0n) is 18.5. The third-order valence-corrected chi connectivity index (χ3v) is 5.33. The van der Waals surface area contributed by atoms with E-state index in [2.05, 4.69) is 0 Å². The summed E-state index contributed by atoms with van der Waals surface area (Å²) in [6.45, 7) is 0. The molecular formula is C27H18CdO6Y. The standard InChI is InChI=1S/C27H18O6.Cd.Y/c28-25(29)19-7-1-16(2-8-19)22-13-23(17-3-9-20(10-4-17)26(30)31)15-24(14-22)18-5-11-21(12-6-18)27(32)33;;/h1-15H,(H,28,29)(H,30,31)(H,32,33);;. The summed E-state index contributed by atoms with van der Waals surface area (Å²) in [5.74, 6) is -3.02. The summed E-state index contributed by atoms with van der Waals surface area (Å²) < 4.78 is 0. The van der Waals surface area contributed by atoms with Crippen LogP contribution in [0.1, 0.15) is 31.1 Å². The fourth-order valence-corrected chi connectivity index (χ4v) is 3.54. The Kier molecular flexibility index (Phi) is 10.1. The van der Waals surface area contributed by atoms with Crippen LogP contribution in [0.2, 0.25) is 0 Å². The molecule has 0 spiro atoms. The number of rotatable bonds is 6. The average Bonchev–Trinajstić information content (AvgIpc) is 2.84. The molecule has 0 atom stereocenters. The molecule has 0 aromatic heterocycles. The van der Waals surface area contributed by atoms with Gasteiger partial charge in [-0.2, -0.15) is 0 Å². The second-order valence-corrected chi connectivity index (χ2v) is 7.45. The molecule has 0 fully saturated rings. The van der Waals surface area contributed by atoms with Crippen molar-refractivity contribution in [2.75, 3.05) is 0 Å². The predicted octanol–water partition coefficient (Wildman–Crippen LogP) is 5.78. The van der Waals surface area contributed by atoms with Gasteiger partial charge in [-0.05, 0) is 88.0 Å². The first-order valence-electron chi connectivity index (χ1n) is 9.98. The summed E-state index contributed by atoms with van der Waals surface area (Å²) in [6.07, 6.45) is 0. The third kappa shape index (κ3) is 6.71. The van der Waals surface area contributed by atoms with Gasteiger partial charge in [-0.1, -0.05) is 36.4 Å². The summed E-state index contributed by atoms with van der Waals surface area (Å²) in [5, 5.41) is 27.5. The quantitative estimate of drug-likeness (QED) is 0.231. The molecule has 0 bridgehead atoms. The molecule has 4 aromatic rings. The van der Waals surface area contributed by atoms with Crippen molar-refractivity contribution < 1.29 is 89.7 Å². The van der Waals surface area contributed by atoms with Crippen molar-refractivity contribution in [2.45, 2.75) is 0 Å². The van der Waals surface area contributed by atoms with Gasteiger partial charge in [0.25, 0.3) is 0 Å². The predicted molar refractivity (Wildman–Crippen MR) is 124 cm³/mol. The van der Waals surface area contributed by atoms with Crippen molar-refractivity contribution in [3.8, 4) is 33.4 Å². The third-order valence-electron chi connectivity index (χ3n) is 5.33. The van der Waals surface area contributed by atoms with Crippen molar-refractivity contribution in [3.63, 3.8) is 0 Å². The summed E-state index contributed by atoms with van der Waals surface area (Å²) in [7, 11) is 0. The van der Waals surface area contributed by atoms with Crippen LogP contribution < -0.4 is 0 Å². The van der Waals surface area contributed by atoms with E-state index in [4.69, 9.17) is 0 Å². The summed E-state index contributed by atoms with van der Waals surface area (Å²) >= 11 is 0. The Morgan fingerprint density at radius 2 is 0.600 bits per heavy atom. The fourth-order valence-electron chi connectivity index (χ4n) is 3.54. The molecule has 0 saturated carbocycles. The molecule has 6 nitrogen and oxygen atoms in total. The number of carboxylic acids is 3. The number of benzene rings is 4. The molecule has 3 N–H and O–H groups in total. The van der Waals surface area contributed by atoms with E-state index < -0.39 is 17.9 Å². The molecule has 0 aliphatic rings. The van der Waals surface area contributed by atoms with Gasteiger partial charge >= 0.3 is 17.9 Å². The Morgan fingerprint density at radius 3 is 0.771 bits per heavy atom. The van der Waals surface area contributed by atoms with Gasteiger partial charge in [-0.3, -0.25) is 0 Å². The molecule has 0 unspecified atom stereocenters. The van der Waals surface area contributed by atoms with Gasteiger partial charge < -0.3 is 15.3 Å². The topological polar surface area (TPSA) is 112 Å². The van der Waals surface area contributed by atoms with Gasteiger partial charge in [0.1, 0.15) is 0 Å². The Labute approximate surface area is 246 Å². The zero-order chi connectivity index (χ0) is 23.5. The first kappa shape index (κ1) is 28.6. The van der Waals surface area contributed by atoms with Gasteiger partial charge in [-0.25, -0.2) is 14.4 Å². The van der Waals surface area contributed by atoms with Crippen LogP contribution in [0.25, 0.3) is 33.4 Å². The summed E-state index contributed by atoms with van der Waals surface area (Å²) in [6, 6.07) is 25.4. The van der Waals surface area contributed by atoms with E-state index in [1.54, 1.807) is 36.4 Å². The molecule has 0 heterocycles. The van der Waals surface area contributed by atoms with Crippen molar-refractivity contribution in [3.05, 3.63) is 108 Å². The van der Waals surface area contributed by atoms with E-state index in [0.717, 1.165) is 33.4 Å². The minimum absolute atomic E-state index is 0. The first-order chi connectivity index (χ1) is 15.8. The molecule has 0 amide bonds. The Morgan fingerprint density at radius 1 is 0.400 bits per heavy atom. The van der Waals surface area contributed by atoms with E-state index in [1.165, 1.54) is 36.4 Å². The van der Waals surface area contributed by atoms with E-state index >= 15 is 0 Å².